The largest absolute Gasteiger partial charge is 0.497 e. The predicted octanol–water partition coefficient (Wildman–Crippen LogP) is 4.60. The van der Waals surface area contributed by atoms with Gasteiger partial charge < -0.3 is 15.5 Å². The molecular weight excluding hydrogens is 434 g/mol. The van der Waals surface area contributed by atoms with Gasteiger partial charge in [0.1, 0.15) is 11.0 Å². The standard InChI is InChI=1S/C22H24ClN5O2S/c1-4-5-18-25-26-22-28(18)27-19(14-7-10-16(30-3)11-8-14)20(31-22)21(29)24-17-12-15(23)9-6-13(17)2/h6-12,19-20,27H,4-5H2,1-3H3,(H,24,29)/t19-,20+/m1/s1. The number of hydrogen-bond acceptors (Lipinski definition) is 6. The highest BCUT2D eigenvalue weighted by atomic mass is 35.5. The van der Waals surface area contributed by atoms with E-state index in [-0.39, 0.29) is 11.9 Å². The molecule has 2 aromatic carbocycles. The van der Waals surface area contributed by atoms with E-state index in [9.17, 15) is 4.79 Å². The molecule has 2 N–H and O–H groups in total. The molecule has 1 aliphatic rings. The molecule has 1 aliphatic heterocycles. The van der Waals surface area contributed by atoms with Gasteiger partial charge in [-0.25, -0.2) is 4.68 Å². The summed E-state index contributed by atoms with van der Waals surface area (Å²) < 4.78 is 7.19. The third-order valence-electron chi connectivity index (χ3n) is 5.17. The van der Waals surface area contributed by atoms with E-state index in [1.165, 1.54) is 11.8 Å². The summed E-state index contributed by atoms with van der Waals surface area (Å²) in [7, 11) is 1.63. The first-order chi connectivity index (χ1) is 15.0. The fourth-order valence-electron chi connectivity index (χ4n) is 3.48. The van der Waals surface area contributed by atoms with Crippen LogP contribution in [0.2, 0.25) is 5.02 Å². The maximum Gasteiger partial charge on any atom is 0.240 e. The Bertz CT molecular complexity index is 1090. The summed E-state index contributed by atoms with van der Waals surface area (Å²) in [4.78, 5) is 13.4. The van der Waals surface area contributed by atoms with Gasteiger partial charge in [-0.1, -0.05) is 48.5 Å². The number of methoxy groups -OCH3 is 1. The van der Waals surface area contributed by atoms with Gasteiger partial charge in [-0.3, -0.25) is 4.79 Å². The number of halogens is 1. The lowest BCUT2D eigenvalue weighted by atomic mass is 10.0. The van der Waals surface area contributed by atoms with Gasteiger partial charge in [-0.2, -0.15) is 0 Å². The van der Waals surface area contributed by atoms with Crippen molar-refractivity contribution in [3.05, 3.63) is 64.4 Å². The van der Waals surface area contributed by atoms with Gasteiger partial charge in [0.25, 0.3) is 0 Å². The van der Waals surface area contributed by atoms with Crippen LogP contribution >= 0.6 is 23.4 Å². The topological polar surface area (TPSA) is 81.1 Å². The summed E-state index contributed by atoms with van der Waals surface area (Å²) in [5, 5.41) is 12.4. The Morgan fingerprint density at radius 1 is 1.26 bits per heavy atom. The molecule has 7 nitrogen and oxygen atoms in total. The minimum absolute atomic E-state index is 0.130. The number of aromatic nitrogens is 3. The quantitative estimate of drug-likeness (QED) is 0.563. The van der Waals surface area contributed by atoms with Crippen LogP contribution in [0.25, 0.3) is 0 Å². The molecule has 1 amide bonds. The molecule has 0 aliphatic carbocycles. The molecule has 0 saturated heterocycles. The molecule has 0 unspecified atom stereocenters. The number of hydrogen-bond donors (Lipinski definition) is 2. The third-order valence-corrected chi connectivity index (χ3v) is 6.62. The first kappa shape index (κ1) is 21.5. The Morgan fingerprint density at radius 3 is 2.74 bits per heavy atom. The van der Waals surface area contributed by atoms with Crippen LogP contribution in [0.3, 0.4) is 0 Å². The second-order valence-corrected chi connectivity index (χ2v) is 8.90. The van der Waals surface area contributed by atoms with Crippen LogP contribution in [0.1, 0.15) is 36.3 Å². The number of carbonyl (C=O) groups is 1. The van der Waals surface area contributed by atoms with E-state index < -0.39 is 5.25 Å². The number of nitrogens with one attached hydrogen (secondary N) is 2. The third kappa shape index (κ3) is 4.50. The lowest BCUT2D eigenvalue weighted by Gasteiger charge is -2.33. The van der Waals surface area contributed by atoms with E-state index >= 15 is 0 Å². The Kier molecular flexibility index (Phi) is 6.38. The number of anilines is 1. The average molecular weight is 458 g/mol. The van der Waals surface area contributed by atoms with Crippen molar-refractivity contribution in [2.24, 2.45) is 0 Å². The molecule has 2 heterocycles. The van der Waals surface area contributed by atoms with Crippen LogP contribution in [-0.2, 0) is 11.2 Å². The maximum absolute atomic E-state index is 13.4. The van der Waals surface area contributed by atoms with Crippen LogP contribution in [0, 0.1) is 6.92 Å². The summed E-state index contributed by atoms with van der Waals surface area (Å²) in [6.45, 7) is 4.04. The van der Waals surface area contributed by atoms with Gasteiger partial charge in [-0.05, 0) is 48.7 Å². The maximum atomic E-state index is 13.4. The van der Waals surface area contributed by atoms with E-state index in [4.69, 9.17) is 16.3 Å². The predicted molar refractivity (Wildman–Crippen MR) is 124 cm³/mol. The summed E-state index contributed by atoms with van der Waals surface area (Å²) in [5.41, 5.74) is 6.09. The number of amides is 1. The summed E-state index contributed by atoms with van der Waals surface area (Å²) in [6.07, 6.45) is 1.75. The van der Waals surface area contributed by atoms with Crippen LogP contribution in [0.5, 0.6) is 5.75 Å². The molecule has 31 heavy (non-hydrogen) atoms. The summed E-state index contributed by atoms with van der Waals surface area (Å²) >= 11 is 7.54. The molecule has 9 heteroatoms. The monoisotopic (exact) mass is 457 g/mol. The van der Waals surface area contributed by atoms with Crippen molar-refractivity contribution in [3.63, 3.8) is 0 Å². The molecule has 2 atom stereocenters. The number of fused-ring (bicyclic) bond motifs is 1. The smallest absolute Gasteiger partial charge is 0.240 e. The van der Waals surface area contributed by atoms with Crippen molar-refractivity contribution in [1.82, 2.24) is 14.9 Å². The molecule has 3 aromatic rings. The van der Waals surface area contributed by atoms with E-state index in [1.807, 2.05) is 41.9 Å². The van der Waals surface area contributed by atoms with E-state index in [0.29, 0.717) is 15.9 Å². The van der Waals surface area contributed by atoms with E-state index in [1.54, 1.807) is 19.2 Å². The van der Waals surface area contributed by atoms with Crippen molar-refractivity contribution in [2.75, 3.05) is 17.9 Å². The zero-order chi connectivity index (χ0) is 22.0. The van der Waals surface area contributed by atoms with Crippen LogP contribution < -0.4 is 15.5 Å². The number of carbonyl (C=O) groups excluding carboxylic acids is 1. The van der Waals surface area contributed by atoms with Gasteiger partial charge in [0.2, 0.25) is 11.1 Å². The lowest BCUT2D eigenvalue weighted by Crippen LogP contribution is -2.41. The van der Waals surface area contributed by atoms with Crippen molar-refractivity contribution in [1.29, 1.82) is 0 Å². The second-order valence-electron chi connectivity index (χ2n) is 7.35. The Morgan fingerprint density at radius 2 is 2.03 bits per heavy atom. The highest BCUT2D eigenvalue weighted by Gasteiger charge is 2.38. The number of thioether (sulfide) groups is 1. The zero-order valence-electron chi connectivity index (χ0n) is 17.6. The average Bonchev–Trinajstić information content (AvgIpc) is 3.17. The van der Waals surface area contributed by atoms with Gasteiger partial charge in [0, 0.05) is 17.1 Å². The number of aryl methyl sites for hydroxylation is 2. The molecule has 162 valence electrons. The van der Waals surface area contributed by atoms with Crippen LogP contribution in [0.4, 0.5) is 5.69 Å². The fraction of sp³-hybridized carbons (Fsp3) is 0.318. The van der Waals surface area contributed by atoms with Crippen molar-refractivity contribution < 1.29 is 9.53 Å². The molecular formula is C22H24ClN5O2S. The molecule has 0 radical (unpaired) electrons. The molecule has 0 saturated carbocycles. The minimum atomic E-state index is -0.460. The number of nitrogens with zero attached hydrogens (tertiary/aromatic N) is 3. The number of ether oxygens (including phenoxy) is 1. The summed E-state index contributed by atoms with van der Waals surface area (Å²) in [5.74, 6) is 1.49. The SMILES string of the molecule is CCCc1nnc2n1N[C@H](c1ccc(OC)cc1)[C@@H](C(=O)Nc1cc(Cl)ccc1C)S2. The highest BCUT2D eigenvalue weighted by Crippen LogP contribution is 2.38. The van der Waals surface area contributed by atoms with Crippen LogP contribution in [-0.4, -0.2) is 33.1 Å². The van der Waals surface area contributed by atoms with Gasteiger partial charge in [0.05, 0.1) is 13.2 Å². The summed E-state index contributed by atoms with van der Waals surface area (Å²) in [6, 6.07) is 12.9. The highest BCUT2D eigenvalue weighted by molar-refractivity contribution is 8.00. The lowest BCUT2D eigenvalue weighted by molar-refractivity contribution is -0.116. The van der Waals surface area contributed by atoms with Crippen molar-refractivity contribution >= 4 is 35.0 Å². The van der Waals surface area contributed by atoms with Gasteiger partial charge in [-0.15, -0.1) is 10.2 Å². The number of benzene rings is 2. The normalized spacial score (nSPS) is 17.5. The molecule has 0 fully saturated rings. The van der Waals surface area contributed by atoms with Crippen molar-refractivity contribution in [2.45, 2.75) is 43.1 Å². The second kappa shape index (κ2) is 9.20. The number of rotatable bonds is 6. The fourth-order valence-corrected chi connectivity index (χ4v) is 4.75. The first-order valence-corrected chi connectivity index (χ1v) is 11.3. The Hall–Kier alpha value is -2.71. The molecule has 0 bridgehead atoms. The Labute approximate surface area is 190 Å². The van der Waals surface area contributed by atoms with Gasteiger partial charge in [0.15, 0.2) is 5.82 Å². The molecule has 0 spiro atoms. The first-order valence-electron chi connectivity index (χ1n) is 10.1. The van der Waals surface area contributed by atoms with Crippen LogP contribution in [0.15, 0.2) is 47.6 Å². The zero-order valence-corrected chi connectivity index (χ0v) is 19.1. The Balaban J connectivity index is 1.67. The minimum Gasteiger partial charge on any atom is -0.497 e. The molecule has 4 rings (SSSR count). The van der Waals surface area contributed by atoms with Gasteiger partial charge >= 0.3 is 0 Å². The molecule has 1 aromatic heterocycles. The van der Waals surface area contributed by atoms with E-state index in [0.717, 1.165) is 35.5 Å². The van der Waals surface area contributed by atoms with Crippen molar-refractivity contribution in [3.8, 4) is 5.75 Å². The van der Waals surface area contributed by atoms with E-state index in [2.05, 4.69) is 27.9 Å².